The summed E-state index contributed by atoms with van der Waals surface area (Å²) in [6, 6.07) is 0. The first kappa shape index (κ1) is 24.3. The van der Waals surface area contributed by atoms with Gasteiger partial charge in [0.05, 0.1) is 5.92 Å². The summed E-state index contributed by atoms with van der Waals surface area (Å²) in [4.78, 5) is 0. The highest BCUT2D eigenvalue weighted by atomic mass is 19.4. The van der Waals surface area contributed by atoms with E-state index in [1.54, 1.807) is 0 Å². The summed E-state index contributed by atoms with van der Waals surface area (Å²) in [6.45, 7) is 6.66. The molecule has 0 heterocycles. The molecule has 6 heteroatoms. The van der Waals surface area contributed by atoms with E-state index in [0.717, 1.165) is 38.5 Å². The zero-order valence-electron chi connectivity index (χ0n) is 19.4. The normalized spacial score (nSPS) is 45.2. The molecule has 9 atom stereocenters. The molecule has 0 nitrogen and oxygen atoms in total. The Morgan fingerprint density at radius 3 is 2.16 bits per heavy atom. The Morgan fingerprint density at radius 2 is 1.50 bits per heavy atom. The van der Waals surface area contributed by atoms with Crippen molar-refractivity contribution in [1.82, 2.24) is 0 Å². The Bertz CT molecular complexity index is 757. The van der Waals surface area contributed by atoms with Crippen molar-refractivity contribution in [3.8, 4) is 11.8 Å². The predicted molar refractivity (Wildman–Crippen MR) is 112 cm³/mol. The second-order valence-electron chi connectivity index (χ2n) is 11.9. The lowest BCUT2D eigenvalue weighted by Gasteiger charge is -2.61. The first-order valence-electron chi connectivity index (χ1n) is 12.4. The average molecular weight is 463 g/mol. The minimum Gasteiger partial charge on any atom is -0.171 e. The van der Waals surface area contributed by atoms with Crippen molar-refractivity contribution < 1.29 is 26.3 Å². The van der Waals surface area contributed by atoms with Gasteiger partial charge < -0.3 is 0 Å². The van der Waals surface area contributed by atoms with Crippen LogP contribution in [0.15, 0.2) is 0 Å². The molecule has 4 saturated carbocycles. The molecule has 4 fully saturated rings. The number of fused-ring (bicyclic) bond motifs is 5. The molecule has 182 valence electrons. The average Bonchev–Trinajstić information content (AvgIpc) is 3.02. The number of hydrogen-bond donors (Lipinski definition) is 0. The fourth-order valence-electron chi connectivity index (χ4n) is 8.99. The summed E-state index contributed by atoms with van der Waals surface area (Å²) in [5.41, 5.74) is 0.126. The van der Waals surface area contributed by atoms with Crippen LogP contribution in [-0.2, 0) is 0 Å². The maximum absolute atomic E-state index is 13.4. The van der Waals surface area contributed by atoms with Gasteiger partial charge in [-0.05, 0) is 104 Å². The van der Waals surface area contributed by atoms with Gasteiger partial charge in [0, 0.05) is 12.3 Å². The van der Waals surface area contributed by atoms with Gasteiger partial charge in [0.1, 0.15) is 0 Å². The van der Waals surface area contributed by atoms with Crippen LogP contribution < -0.4 is 0 Å². The van der Waals surface area contributed by atoms with Crippen LogP contribution >= 0.6 is 0 Å². The van der Waals surface area contributed by atoms with E-state index in [4.69, 9.17) is 0 Å². The van der Waals surface area contributed by atoms with Gasteiger partial charge in [-0.2, -0.15) is 26.3 Å². The number of halogens is 6. The van der Waals surface area contributed by atoms with E-state index < -0.39 is 18.3 Å². The summed E-state index contributed by atoms with van der Waals surface area (Å²) in [5, 5.41) is 0. The third kappa shape index (κ3) is 4.20. The van der Waals surface area contributed by atoms with Gasteiger partial charge in [0.2, 0.25) is 0 Å². The van der Waals surface area contributed by atoms with Gasteiger partial charge in [0.25, 0.3) is 0 Å². The molecule has 0 spiro atoms. The minimum atomic E-state index is -4.43. The van der Waals surface area contributed by atoms with Crippen molar-refractivity contribution >= 4 is 0 Å². The summed E-state index contributed by atoms with van der Waals surface area (Å²) in [6.07, 6.45) is -0.837. The lowest BCUT2D eigenvalue weighted by atomic mass is 9.44. The van der Waals surface area contributed by atoms with E-state index in [0.29, 0.717) is 36.5 Å². The van der Waals surface area contributed by atoms with Crippen LogP contribution in [0.25, 0.3) is 0 Å². The molecule has 0 aromatic heterocycles. The molecule has 4 aliphatic rings. The molecule has 0 amide bonds. The third-order valence-corrected chi connectivity index (χ3v) is 10.5. The quantitative estimate of drug-likeness (QED) is 0.285. The van der Waals surface area contributed by atoms with Crippen molar-refractivity contribution in [3.63, 3.8) is 0 Å². The number of rotatable bonds is 2. The van der Waals surface area contributed by atoms with E-state index in [1.807, 2.05) is 6.92 Å². The zero-order chi connectivity index (χ0) is 23.5. The molecule has 0 aliphatic heterocycles. The second kappa shape index (κ2) is 8.12. The number of alkyl halides is 6. The largest absolute Gasteiger partial charge is 0.457 e. The van der Waals surface area contributed by atoms with Gasteiger partial charge in [-0.15, -0.1) is 0 Å². The highest BCUT2D eigenvalue weighted by Crippen LogP contribution is 2.69. The lowest BCUT2D eigenvalue weighted by molar-refractivity contribution is -0.208. The minimum absolute atomic E-state index is 0.00782. The standard InChI is InChI=1S/C26H36F6/c1-16(5-4-12-25(27,28)29)20-8-9-21-19-7-6-17-15-18(26(30,31)32)10-13-23(17,2)22(19)11-14-24(20,21)3/h16-22H,5-11,13-15H2,1-3H3/t16-,17?,18?,19?,20-,21?,22?,23?,24?/m1/s1. The Hall–Kier alpha value is -0.860. The molecule has 7 unspecified atom stereocenters. The smallest absolute Gasteiger partial charge is 0.171 e. The van der Waals surface area contributed by atoms with E-state index in [-0.39, 0.29) is 35.5 Å². The predicted octanol–water partition coefficient (Wildman–Crippen LogP) is 8.42. The highest BCUT2D eigenvalue weighted by Gasteiger charge is 2.61. The van der Waals surface area contributed by atoms with Gasteiger partial charge in [-0.25, -0.2) is 0 Å². The molecular formula is C26H36F6. The third-order valence-electron chi connectivity index (χ3n) is 10.5. The van der Waals surface area contributed by atoms with Gasteiger partial charge in [-0.1, -0.05) is 26.7 Å². The van der Waals surface area contributed by atoms with Crippen molar-refractivity contribution in [2.24, 2.45) is 52.3 Å². The Balaban J connectivity index is 1.48. The maximum atomic E-state index is 13.4. The monoisotopic (exact) mass is 462 g/mol. The molecule has 0 aromatic rings. The van der Waals surface area contributed by atoms with Gasteiger partial charge in [0.15, 0.2) is 0 Å². The first-order valence-corrected chi connectivity index (χ1v) is 12.4. The molecule has 4 aliphatic carbocycles. The first-order chi connectivity index (χ1) is 14.8. The van der Waals surface area contributed by atoms with Crippen molar-refractivity contribution in [2.45, 2.75) is 97.3 Å². The van der Waals surface area contributed by atoms with Crippen molar-refractivity contribution in [1.29, 1.82) is 0 Å². The summed E-state index contributed by atoms with van der Waals surface area (Å²) in [7, 11) is 0. The highest BCUT2D eigenvalue weighted by molar-refractivity contribution is 5.11. The molecule has 4 rings (SSSR count). The summed E-state index contributed by atoms with van der Waals surface area (Å²) < 4.78 is 77.5. The van der Waals surface area contributed by atoms with Crippen molar-refractivity contribution in [2.75, 3.05) is 0 Å². The second-order valence-corrected chi connectivity index (χ2v) is 11.9. The molecule has 0 saturated heterocycles. The topological polar surface area (TPSA) is 0 Å². The Kier molecular flexibility index (Phi) is 6.16. The van der Waals surface area contributed by atoms with Crippen LogP contribution in [-0.4, -0.2) is 12.4 Å². The van der Waals surface area contributed by atoms with Gasteiger partial charge in [-0.3, -0.25) is 0 Å². The van der Waals surface area contributed by atoms with E-state index in [2.05, 4.69) is 19.8 Å². The molecule has 0 aromatic carbocycles. The maximum Gasteiger partial charge on any atom is 0.457 e. The van der Waals surface area contributed by atoms with Crippen LogP contribution in [0.1, 0.15) is 85.0 Å². The fraction of sp³-hybridized carbons (Fsp3) is 0.923. The Morgan fingerprint density at radius 1 is 0.844 bits per heavy atom. The number of hydrogen-bond acceptors (Lipinski definition) is 0. The van der Waals surface area contributed by atoms with Crippen LogP contribution in [0.4, 0.5) is 26.3 Å². The zero-order valence-corrected chi connectivity index (χ0v) is 19.4. The van der Waals surface area contributed by atoms with Crippen molar-refractivity contribution in [3.05, 3.63) is 0 Å². The molecule has 32 heavy (non-hydrogen) atoms. The SMILES string of the molecule is C[C@H](CC#CC(F)(F)F)[C@H]1CCC2C3CCC4CC(C(F)(F)F)CCC4(C)C3CCC21C. The van der Waals surface area contributed by atoms with Crippen LogP contribution in [0.3, 0.4) is 0 Å². The van der Waals surface area contributed by atoms with E-state index in [9.17, 15) is 26.3 Å². The fourth-order valence-corrected chi connectivity index (χ4v) is 8.99. The molecule has 0 radical (unpaired) electrons. The van der Waals surface area contributed by atoms with E-state index >= 15 is 0 Å². The van der Waals surface area contributed by atoms with Crippen LogP contribution in [0.2, 0.25) is 0 Å². The lowest BCUT2D eigenvalue weighted by Crippen LogP contribution is -2.54. The molecule has 0 N–H and O–H groups in total. The summed E-state index contributed by atoms with van der Waals surface area (Å²) in [5.74, 6) is 4.92. The van der Waals surface area contributed by atoms with Crippen LogP contribution in [0.5, 0.6) is 0 Å². The van der Waals surface area contributed by atoms with Crippen LogP contribution in [0, 0.1) is 64.1 Å². The van der Waals surface area contributed by atoms with E-state index in [1.165, 1.54) is 5.92 Å². The summed E-state index contributed by atoms with van der Waals surface area (Å²) >= 11 is 0. The Labute approximate surface area is 188 Å². The molecular weight excluding hydrogens is 426 g/mol. The molecule has 0 bridgehead atoms. The van der Waals surface area contributed by atoms with Gasteiger partial charge >= 0.3 is 12.4 Å².